The predicted molar refractivity (Wildman–Crippen MR) is 86.6 cm³/mol. The fourth-order valence-corrected chi connectivity index (χ4v) is 2.32. The fourth-order valence-electron chi connectivity index (χ4n) is 1.90. The molecule has 118 valence electrons. The molecule has 0 saturated carbocycles. The molecular weight excluding hydrogens is 328 g/mol. The topological polar surface area (TPSA) is 143 Å². The summed E-state index contributed by atoms with van der Waals surface area (Å²) >= 11 is 0.879. The van der Waals surface area contributed by atoms with Crippen molar-refractivity contribution in [1.82, 2.24) is 23.7 Å². The average molecular weight is 338 g/mol. The van der Waals surface area contributed by atoms with Gasteiger partial charge in [-0.3, -0.25) is 4.79 Å². The van der Waals surface area contributed by atoms with E-state index in [9.17, 15) is 10.1 Å². The highest BCUT2D eigenvalue weighted by Crippen LogP contribution is 2.20. The van der Waals surface area contributed by atoms with Crippen LogP contribution in [0.2, 0.25) is 0 Å². The molecule has 2 aromatic heterocycles. The largest absolute Gasteiger partial charge is 0.368 e. The van der Waals surface area contributed by atoms with Crippen LogP contribution in [0.4, 0.5) is 17.6 Å². The number of aromatic nitrogens is 5. The number of anilines is 3. The molecule has 0 spiro atoms. The van der Waals surface area contributed by atoms with Crippen molar-refractivity contribution < 1.29 is 4.79 Å². The Balaban J connectivity index is 1.92. The summed E-state index contributed by atoms with van der Waals surface area (Å²) in [5.74, 6) is -1.77. The normalized spacial score (nSPS) is 11.5. The van der Waals surface area contributed by atoms with Crippen molar-refractivity contribution in [3.63, 3.8) is 0 Å². The first-order chi connectivity index (χ1) is 11.7. The molecule has 0 radical (unpaired) electrons. The van der Waals surface area contributed by atoms with Gasteiger partial charge in [-0.05, 0) is 12.1 Å². The molecule has 1 aromatic carbocycles. The molecule has 0 saturated heterocycles. The van der Waals surface area contributed by atoms with Crippen molar-refractivity contribution in [3.05, 3.63) is 48.0 Å². The lowest BCUT2D eigenvalue weighted by Gasteiger charge is -2.09. The number of rotatable bonds is 5. The lowest BCUT2D eigenvalue weighted by molar-refractivity contribution is 0.0972. The molecule has 3 N–H and O–H groups in total. The average Bonchev–Trinajstić information content (AvgIpc) is 3.10. The Hall–Kier alpha value is -3.45. The summed E-state index contributed by atoms with van der Waals surface area (Å²) in [4.78, 5) is 24.3. The summed E-state index contributed by atoms with van der Waals surface area (Å²) in [7, 11) is 0. The van der Waals surface area contributed by atoms with Crippen molar-refractivity contribution in [1.29, 1.82) is 5.26 Å². The zero-order chi connectivity index (χ0) is 16.9. The molecule has 10 heteroatoms. The smallest absolute Gasteiger partial charge is 0.232 e. The Morgan fingerprint density at radius 2 is 2.04 bits per heavy atom. The van der Waals surface area contributed by atoms with Gasteiger partial charge in [0.05, 0.1) is 24.0 Å². The molecule has 2 heterocycles. The number of nitrogens with two attached hydrogens (primary N) is 1. The molecule has 3 aromatic rings. The van der Waals surface area contributed by atoms with Gasteiger partial charge >= 0.3 is 0 Å². The van der Waals surface area contributed by atoms with Crippen molar-refractivity contribution in [2.24, 2.45) is 0 Å². The predicted octanol–water partition coefficient (Wildman–Crippen LogP) is 1.54. The number of nitriles is 1. The van der Waals surface area contributed by atoms with Crippen LogP contribution in [0.25, 0.3) is 0 Å². The Bertz CT molecular complexity index is 891. The number of carbonyl (C=O) groups excluding carboxylic acids is 1. The Labute approximate surface area is 140 Å². The minimum atomic E-state index is -1.24. The number of benzene rings is 1. The van der Waals surface area contributed by atoms with Crippen LogP contribution < -0.4 is 11.1 Å². The van der Waals surface area contributed by atoms with Crippen LogP contribution in [0.3, 0.4) is 0 Å². The van der Waals surface area contributed by atoms with Gasteiger partial charge in [-0.25, -0.2) is 0 Å². The van der Waals surface area contributed by atoms with Crippen LogP contribution in [0.5, 0.6) is 0 Å². The van der Waals surface area contributed by atoms with Crippen LogP contribution in [0, 0.1) is 11.3 Å². The van der Waals surface area contributed by atoms with Gasteiger partial charge in [-0.2, -0.15) is 29.0 Å². The van der Waals surface area contributed by atoms with Crippen LogP contribution in [-0.2, 0) is 0 Å². The zero-order valence-corrected chi connectivity index (χ0v) is 12.9. The number of ketones is 1. The molecule has 0 unspecified atom stereocenters. The maximum atomic E-state index is 12.3. The van der Waals surface area contributed by atoms with Gasteiger partial charge in [-0.15, -0.1) is 0 Å². The first-order valence-corrected chi connectivity index (χ1v) is 7.45. The van der Waals surface area contributed by atoms with Crippen molar-refractivity contribution in [2.45, 2.75) is 5.92 Å². The highest BCUT2D eigenvalue weighted by atomic mass is 32.1. The lowest BCUT2D eigenvalue weighted by atomic mass is 10.0. The third kappa shape index (κ3) is 3.31. The van der Waals surface area contributed by atoms with Crippen LogP contribution >= 0.6 is 11.7 Å². The minimum absolute atomic E-state index is 0.0403. The lowest BCUT2D eigenvalue weighted by Crippen LogP contribution is -2.17. The third-order valence-corrected chi connectivity index (χ3v) is 3.44. The molecule has 0 amide bonds. The summed E-state index contributed by atoms with van der Waals surface area (Å²) in [6.07, 6.45) is 1.30. The Morgan fingerprint density at radius 3 is 2.71 bits per heavy atom. The maximum absolute atomic E-state index is 12.3. The number of nitrogens with one attached hydrogen (secondary N) is 1. The van der Waals surface area contributed by atoms with E-state index in [4.69, 9.17) is 5.73 Å². The second kappa shape index (κ2) is 6.76. The second-order valence-electron chi connectivity index (χ2n) is 4.59. The second-order valence-corrected chi connectivity index (χ2v) is 5.14. The van der Waals surface area contributed by atoms with E-state index in [2.05, 4.69) is 29.0 Å². The summed E-state index contributed by atoms with van der Waals surface area (Å²) < 4.78 is 7.59. The molecule has 24 heavy (non-hydrogen) atoms. The molecule has 3 rings (SSSR count). The highest BCUT2D eigenvalue weighted by molar-refractivity contribution is 6.99. The van der Waals surface area contributed by atoms with Gasteiger partial charge in [0.1, 0.15) is 5.69 Å². The van der Waals surface area contributed by atoms with Crippen LogP contribution in [-0.4, -0.2) is 29.5 Å². The van der Waals surface area contributed by atoms with E-state index in [1.165, 1.54) is 6.20 Å². The van der Waals surface area contributed by atoms with E-state index in [1.807, 2.05) is 36.4 Å². The van der Waals surface area contributed by atoms with E-state index in [0.717, 1.165) is 17.4 Å². The minimum Gasteiger partial charge on any atom is -0.368 e. The number of para-hydroxylation sites is 1. The molecule has 9 nitrogen and oxygen atoms in total. The van der Waals surface area contributed by atoms with Crippen LogP contribution in [0.15, 0.2) is 36.5 Å². The number of Topliss-reactive ketones (excluding diaryl/α,β-unsaturated/α-hetero) is 1. The fraction of sp³-hybridized carbons (Fsp3) is 0.0714. The molecular formula is C14H10N8OS. The van der Waals surface area contributed by atoms with E-state index in [1.54, 1.807) is 0 Å². The summed E-state index contributed by atoms with van der Waals surface area (Å²) in [5.41, 5.74) is 6.50. The van der Waals surface area contributed by atoms with Crippen LogP contribution in [0.1, 0.15) is 22.2 Å². The van der Waals surface area contributed by atoms with E-state index >= 15 is 0 Å². The quantitative estimate of drug-likeness (QED) is 0.662. The van der Waals surface area contributed by atoms with Gasteiger partial charge in [0.2, 0.25) is 17.7 Å². The van der Waals surface area contributed by atoms with Crippen molar-refractivity contribution in [3.8, 4) is 6.07 Å². The van der Waals surface area contributed by atoms with Gasteiger partial charge in [0.25, 0.3) is 0 Å². The summed E-state index contributed by atoms with van der Waals surface area (Å²) in [6.45, 7) is 0. The molecule has 0 aliphatic rings. The zero-order valence-electron chi connectivity index (χ0n) is 12.1. The standard InChI is InChI=1S/C14H10N8OS/c15-6-9(11(23)10-7-17-24-22-10)12-19-13(16)21-14(20-12)18-8-4-2-1-3-5-8/h1-5,7,9H,(H3,16,18,19,20,21)/t9-/m0/s1. The van der Waals surface area contributed by atoms with Gasteiger partial charge < -0.3 is 11.1 Å². The van der Waals surface area contributed by atoms with E-state index in [-0.39, 0.29) is 23.4 Å². The number of nitrogen functional groups attached to an aromatic ring is 1. The Morgan fingerprint density at radius 1 is 1.25 bits per heavy atom. The van der Waals surface area contributed by atoms with Gasteiger partial charge in [0.15, 0.2) is 11.7 Å². The van der Waals surface area contributed by atoms with Gasteiger partial charge in [0, 0.05) is 5.69 Å². The SMILES string of the molecule is N#C[C@@H](C(=O)c1cnsn1)c1nc(N)nc(Nc2ccccc2)n1. The maximum Gasteiger partial charge on any atom is 0.232 e. The van der Waals surface area contributed by atoms with Crippen molar-refractivity contribution >= 4 is 35.1 Å². The monoisotopic (exact) mass is 338 g/mol. The molecule has 0 aliphatic carbocycles. The van der Waals surface area contributed by atoms with E-state index < -0.39 is 11.7 Å². The number of hydrogen-bond acceptors (Lipinski definition) is 10. The van der Waals surface area contributed by atoms with E-state index in [0.29, 0.717) is 0 Å². The molecule has 0 fully saturated rings. The number of hydrogen-bond donors (Lipinski definition) is 2. The third-order valence-electron chi connectivity index (χ3n) is 2.96. The molecule has 1 atom stereocenters. The molecule has 0 bridgehead atoms. The first kappa shape index (κ1) is 15.4. The first-order valence-electron chi connectivity index (χ1n) is 6.72. The Kier molecular flexibility index (Phi) is 4.35. The number of carbonyl (C=O) groups is 1. The summed E-state index contributed by atoms with van der Waals surface area (Å²) in [5, 5.41) is 12.3. The van der Waals surface area contributed by atoms with Crippen molar-refractivity contribution in [2.75, 3.05) is 11.1 Å². The summed E-state index contributed by atoms with van der Waals surface area (Å²) in [6, 6.07) is 11.0. The molecule has 0 aliphatic heterocycles. The van der Waals surface area contributed by atoms with Gasteiger partial charge in [-0.1, -0.05) is 18.2 Å². The highest BCUT2D eigenvalue weighted by Gasteiger charge is 2.27. The number of nitrogens with zero attached hydrogens (tertiary/aromatic N) is 6.